The molecule has 0 unspecified atom stereocenters. The van der Waals surface area contributed by atoms with Crippen molar-refractivity contribution in [1.29, 1.82) is 0 Å². The van der Waals surface area contributed by atoms with E-state index in [2.05, 4.69) is 33.6 Å². The average Bonchev–Trinajstić information content (AvgIpc) is 2.53. The lowest BCUT2D eigenvalue weighted by molar-refractivity contribution is 0.557. The number of pyridine rings is 1. The van der Waals surface area contributed by atoms with Gasteiger partial charge in [-0.05, 0) is 37.0 Å². The zero-order chi connectivity index (χ0) is 15.2. The number of hydrogen-bond donors (Lipinski definition) is 0. The van der Waals surface area contributed by atoms with E-state index < -0.39 is 0 Å². The molecule has 0 aromatic carbocycles. The minimum atomic E-state index is 1.06. The number of aryl methyl sites for hydroxylation is 1. The molecule has 1 heterocycles. The molecule has 118 valence electrons. The van der Waals surface area contributed by atoms with Gasteiger partial charge in [0.15, 0.2) is 0 Å². The van der Waals surface area contributed by atoms with Gasteiger partial charge in [-0.15, -0.1) is 0 Å². The number of rotatable bonds is 13. The Bertz CT molecular complexity index is 376. The highest BCUT2D eigenvalue weighted by Crippen LogP contribution is 2.14. The van der Waals surface area contributed by atoms with Crippen molar-refractivity contribution in [2.24, 2.45) is 0 Å². The molecule has 0 amide bonds. The molecule has 0 aliphatic carbocycles. The summed E-state index contributed by atoms with van der Waals surface area (Å²) in [7, 11) is 0. The van der Waals surface area contributed by atoms with Gasteiger partial charge >= 0.3 is 0 Å². The first-order chi connectivity index (χ1) is 10.4. The molecular formula is C19H30BrN. The van der Waals surface area contributed by atoms with E-state index in [0.29, 0.717) is 0 Å². The molecule has 0 saturated carbocycles. The van der Waals surface area contributed by atoms with Gasteiger partial charge in [0.25, 0.3) is 0 Å². The molecule has 0 spiro atoms. The van der Waals surface area contributed by atoms with E-state index in [1.54, 1.807) is 0 Å². The second-order valence-corrected chi connectivity index (χ2v) is 6.52. The molecule has 0 N–H and O–H groups in total. The third-order valence-electron chi connectivity index (χ3n) is 3.95. The zero-order valence-corrected chi connectivity index (χ0v) is 14.9. The first-order valence-electron chi connectivity index (χ1n) is 8.50. The number of hydrogen-bond acceptors (Lipinski definition) is 1. The third-order valence-corrected chi connectivity index (χ3v) is 4.51. The first kappa shape index (κ1) is 18.4. The Hall–Kier alpha value is -0.630. The minimum absolute atomic E-state index is 1.06. The van der Waals surface area contributed by atoms with Gasteiger partial charge in [-0.1, -0.05) is 79.9 Å². The van der Waals surface area contributed by atoms with Crippen molar-refractivity contribution in [2.75, 3.05) is 5.33 Å². The second-order valence-electron chi connectivity index (χ2n) is 5.73. The normalized spacial score (nSPS) is 10.7. The largest absolute Gasteiger partial charge is 0.257 e. The zero-order valence-electron chi connectivity index (χ0n) is 13.3. The lowest BCUT2D eigenvalue weighted by atomic mass is 10.0. The number of aromatic nitrogens is 1. The summed E-state index contributed by atoms with van der Waals surface area (Å²) >= 11 is 3.48. The summed E-state index contributed by atoms with van der Waals surface area (Å²) in [6.07, 6.45) is 18.7. The van der Waals surface area contributed by atoms with Gasteiger partial charge in [0.05, 0.1) is 5.69 Å². The summed E-state index contributed by atoms with van der Waals surface area (Å²) in [4.78, 5) is 4.35. The van der Waals surface area contributed by atoms with Crippen molar-refractivity contribution in [2.45, 2.75) is 70.6 Å². The van der Waals surface area contributed by atoms with Crippen LogP contribution in [0.1, 0.15) is 75.5 Å². The van der Waals surface area contributed by atoms with Crippen LogP contribution in [0.2, 0.25) is 0 Å². The SMILES string of the molecule is C=Cc1ncccc1CCCCCCCCCCCCBr. The molecule has 0 aliphatic rings. The Morgan fingerprint density at radius 2 is 1.48 bits per heavy atom. The van der Waals surface area contributed by atoms with Crippen molar-refractivity contribution >= 4 is 22.0 Å². The highest BCUT2D eigenvalue weighted by molar-refractivity contribution is 9.09. The van der Waals surface area contributed by atoms with Crippen LogP contribution in [0.5, 0.6) is 0 Å². The Morgan fingerprint density at radius 1 is 0.905 bits per heavy atom. The van der Waals surface area contributed by atoms with Crippen LogP contribution in [-0.2, 0) is 6.42 Å². The lowest BCUT2D eigenvalue weighted by Gasteiger charge is -2.05. The molecule has 2 heteroatoms. The standard InChI is InChI=1S/C19H30BrN/c1-2-19-18(15-13-17-21-19)14-11-9-7-5-3-4-6-8-10-12-16-20/h2,13,15,17H,1,3-12,14,16H2. The molecule has 0 saturated heterocycles. The van der Waals surface area contributed by atoms with Gasteiger partial charge in [-0.3, -0.25) is 4.98 Å². The van der Waals surface area contributed by atoms with Gasteiger partial charge in [0, 0.05) is 11.5 Å². The van der Waals surface area contributed by atoms with Crippen LogP contribution < -0.4 is 0 Å². The van der Waals surface area contributed by atoms with Crippen molar-refractivity contribution in [1.82, 2.24) is 4.98 Å². The van der Waals surface area contributed by atoms with E-state index in [9.17, 15) is 0 Å². The smallest absolute Gasteiger partial charge is 0.0655 e. The van der Waals surface area contributed by atoms with Crippen molar-refractivity contribution in [3.05, 3.63) is 36.2 Å². The van der Waals surface area contributed by atoms with Crippen molar-refractivity contribution in [3.8, 4) is 0 Å². The predicted octanol–water partition coefficient (Wildman–Crippen LogP) is 6.56. The lowest BCUT2D eigenvalue weighted by Crippen LogP contribution is -1.92. The fraction of sp³-hybridized carbons (Fsp3) is 0.632. The average molecular weight is 352 g/mol. The molecule has 0 atom stereocenters. The molecular weight excluding hydrogens is 322 g/mol. The molecule has 1 nitrogen and oxygen atoms in total. The minimum Gasteiger partial charge on any atom is -0.257 e. The molecule has 0 bridgehead atoms. The Balaban J connectivity index is 1.94. The summed E-state index contributed by atoms with van der Waals surface area (Å²) in [5, 5.41) is 1.16. The van der Waals surface area contributed by atoms with E-state index in [1.165, 1.54) is 69.8 Å². The highest BCUT2D eigenvalue weighted by Gasteiger charge is 1.99. The molecule has 21 heavy (non-hydrogen) atoms. The van der Waals surface area contributed by atoms with Crippen molar-refractivity contribution < 1.29 is 0 Å². The molecule has 0 aliphatic heterocycles. The summed E-state index contributed by atoms with van der Waals surface area (Å²) < 4.78 is 0. The second kappa shape index (κ2) is 13.1. The molecule has 1 aromatic rings. The Morgan fingerprint density at radius 3 is 2.05 bits per heavy atom. The van der Waals surface area contributed by atoms with Crippen LogP contribution in [0, 0.1) is 0 Å². The number of unbranched alkanes of at least 4 members (excludes halogenated alkanes) is 9. The van der Waals surface area contributed by atoms with Crippen LogP contribution in [0.15, 0.2) is 24.9 Å². The Kier molecular flexibility index (Phi) is 11.5. The van der Waals surface area contributed by atoms with E-state index >= 15 is 0 Å². The summed E-state index contributed by atoms with van der Waals surface area (Å²) in [5.41, 5.74) is 2.40. The number of halogens is 1. The van der Waals surface area contributed by atoms with Crippen LogP contribution in [0.25, 0.3) is 6.08 Å². The maximum atomic E-state index is 4.35. The highest BCUT2D eigenvalue weighted by atomic mass is 79.9. The fourth-order valence-corrected chi connectivity index (χ4v) is 3.07. The van der Waals surface area contributed by atoms with E-state index in [-0.39, 0.29) is 0 Å². The van der Waals surface area contributed by atoms with Crippen LogP contribution in [0.4, 0.5) is 0 Å². The van der Waals surface area contributed by atoms with E-state index in [0.717, 1.165) is 17.4 Å². The topological polar surface area (TPSA) is 12.9 Å². The number of nitrogens with zero attached hydrogens (tertiary/aromatic N) is 1. The van der Waals surface area contributed by atoms with E-state index in [4.69, 9.17) is 0 Å². The van der Waals surface area contributed by atoms with Crippen LogP contribution in [0.3, 0.4) is 0 Å². The van der Waals surface area contributed by atoms with Gasteiger partial charge < -0.3 is 0 Å². The van der Waals surface area contributed by atoms with Gasteiger partial charge in [-0.2, -0.15) is 0 Å². The van der Waals surface area contributed by atoms with Gasteiger partial charge in [0.1, 0.15) is 0 Å². The predicted molar refractivity (Wildman–Crippen MR) is 98.0 cm³/mol. The summed E-state index contributed by atoms with van der Waals surface area (Å²) in [6.45, 7) is 3.83. The molecule has 0 fully saturated rings. The third kappa shape index (κ3) is 9.08. The first-order valence-corrected chi connectivity index (χ1v) is 9.63. The van der Waals surface area contributed by atoms with E-state index in [1.807, 2.05) is 18.3 Å². The van der Waals surface area contributed by atoms with Gasteiger partial charge in [0.2, 0.25) is 0 Å². The van der Waals surface area contributed by atoms with Crippen LogP contribution in [-0.4, -0.2) is 10.3 Å². The fourth-order valence-electron chi connectivity index (χ4n) is 2.67. The molecule has 0 radical (unpaired) electrons. The Labute approximate surface area is 139 Å². The van der Waals surface area contributed by atoms with Gasteiger partial charge in [-0.25, -0.2) is 0 Å². The summed E-state index contributed by atoms with van der Waals surface area (Å²) in [5.74, 6) is 0. The molecule has 1 rings (SSSR count). The van der Waals surface area contributed by atoms with Crippen molar-refractivity contribution in [3.63, 3.8) is 0 Å². The maximum absolute atomic E-state index is 4.35. The summed E-state index contributed by atoms with van der Waals surface area (Å²) in [6, 6.07) is 4.20. The quantitative estimate of drug-likeness (QED) is 0.289. The monoisotopic (exact) mass is 351 g/mol. The number of alkyl halides is 1. The molecule has 1 aromatic heterocycles. The maximum Gasteiger partial charge on any atom is 0.0655 e. The van der Waals surface area contributed by atoms with Crippen LogP contribution >= 0.6 is 15.9 Å².